The molecule has 19 heavy (non-hydrogen) atoms. The number of rotatable bonds is 5. The normalized spacial score (nSPS) is 14.3. The molecule has 4 nitrogen and oxygen atoms in total. The Morgan fingerprint density at radius 3 is 2.95 bits per heavy atom. The number of hydrogen-bond donors (Lipinski definition) is 1. The summed E-state index contributed by atoms with van der Waals surface area (Å²) in [6.07, 6.45) is 4.02. The molecule has 0 unspecified atom stereocenters. The van der Waals surface area contributed by atoms with Crippen LogP contribution in [0.1, 0.15) is 24.0 Å². The van der Waals surface area contributed by atoms with Gasteiger partial charge in [-0.2, -0.15) is 16.4 Å². The Balaban J connectivity index is 1.94. The quantitative estimate of drug-likeness (QED) is 0.857. The third-order valence-electron chi connectivity index (χ3n) is 3.16. The third-order valence-corrected chi connectivity index (χ3v) is 4.11. The maximum absolute atomic E-state index is 5.79. The molecule has 0 atom stereocenters. The summed E-state index contributed by atoms with van der Waals surface area (Å²) in [7, 11) is 0. The van der Waals surface area contributed by atoms with Gasteiger partial charge in [0.2, 0.25) is 0 Å². The standard InChI is InChI=1S/C13H14N4S2/c14-12(18)11-3-5-15-16-13(11)17(10-1-2-10)7-9-4-6-19-8-9/h3-6,8,10H,1-2,7H2,(H2,14,18). The second-order valence-electron chi connectivity index (χ2n) is 4.62. The van der Waals surface area contributed by atoms with Crippen LogP contribution in [0.2, 0.25) is 0 Å². The minimum Gasteiger partial charge on any atom is -0.389 e. The SMILES string of the molecule is NC(=S)c1ccnnc1N(Cc1ccsc1)C1CC1. The van der Waals surface area contributed by atoms with Crippen LogP contribution in [0.15, 0.2) is 29.1 Å². The van der Waals surface area contributed by atoms with Gasteiger partial charge in [0, 0.05) is 12.6 Å². The average Bonchev–Trinajstić information content (AvgIpc) is 3.13. The highest BCUT2D eigenvalue weighted by Gasteiger charge is 2.32. The molecule has 98 valence electrons. The molecule has 1 aliphatic rings. The van der Waals surface area contributed by atoms with Gasteiger partial charge in [-0.3, -0.25) is 0 Å². The molecular weight excluding hydrogens is 276 g/mol. The summed E-state index contributed by atoms with van der Waals surface area (Å²) in [6.45, 7) is 0.836. The summed E-state index contributed by atoms with van der Waals surface area (Å²) < 4.78 is 0. The summed E-state index contributed by atoms with van der Waals surface area (Å²) >= 11 is 6.82. The van der Waals surface area contributed by atoms with Gasteiger partial charge in [-0.25, -0.2) is 0 Å². The van der Waals surface area contributed by atoms with Gasteiger partial charge in [-0.05, 0) is 41.3 Å². The Morgan fingerprint density at radius 2 is 2.32 bits per heavy atom. The van der Waals surface area contributed by atoms with Gasteiger partial charge in [-0.1, -0.05) is 12.2 Å². The summed E-state index contributed by atoms with van der Waals surface area (Å²) in [5.41, 5.74) is 7.89. The van der Waals surface area contributed by atoms with E-state index in [4.69, 9.17) is 18.0 Å². The average molecular weight is 290 g/mol. The Bertz CT molecular complexity index is 578. The van der Waals surface area contributed by atoms with Crippen LogP contribution in [0, 0.1) is 0 Å². The van der Waals surface area contributed by atoms with E-state index in [-0.39, 0.29) is 0 Å². The van der Waals surface area contributed by atoms with E-state index >= 15 is 0 Å². The monoisotopic (exact) mass is 290 g/mol. The maximum atomic E-state index is 5.79. The van der Waals surface area contributed by atoms with E-state index in [2.05, 4.69) is 31.9 Å². The number of hydrogen-bond acceptors (Lipinski definition) is 5. The lowest BCUT2D eigenvalue weighted by molar-refractivity contribution is 0.764. The number of thiocarbonyl (C=S) groups is 1. The molecule has 3 rings (SSSR count). The molecule has 0 radical (unpaired) electrons. The molecular formula is C13H14N4S2. The topological polar surface area (TPSA) is 55.0 Å². The molecule has 6 heteroatoms. The number of anilines is 1. The van der Waals surface area contributed by atoms with E-state index in [1.807, 2.05) is 6.07 Å². The fourth-order valence-corrected chi connectivity index (χ4v) is 2.89. The van der Waals surface area contributed by atoms with Crippen molar-refractivity contribution in [3.63, 3.8) is 0 Å². The molecule has 2 heterocycles. The lowest BCUT2D eigenvalue weighted by Gasteiger charge is -2.24. The van der Waals surface area contributed by atoms with Crippen molar-refractivity contribution in [2.45, 2.75) is 25.4 Å². The van der Waals surface area contributed by atoms with Crippen LogP contribution < -0.4 is 10.6 Å². The first kappa shape index (κ1) is 12.5. The van der Waals surface area contributed by atoms with Crippen LogP contribution in [0.25, 0.3) is 0 Å². The van der Waals surface area contributed by atoms with E-state index in [1.165, 1.54) is 18.4 Å². The maximum Gasteiger partial charge on any atom is 0.162 e. The molecule has 0 aromatic carbocycles. The van der Waals surface area contributed by atoms with Crippen molar-refractivity contribution in [3.05, 3.63) is 40.2 Å². The van der Waals surface area contributed by atoms with Crippen molar-refractivity contribution in [1.82, 2.24) is 10.2 Å². The second kappa shape index (κ2) is 5.22. The van der Waals surface area contributed by atoms with E-state index < -0.39 is 0 Å². The largest absolute Gasteiger partial charge is 0.389 e. The van der Waals surface area contributed by atoms with Crippen molar-refractivity contribution in [3.8, 4) is 0 Å². The molecule has 1 saturated carbocycles. The van der Waals surface area contributed by atoms with Crippen molar-refractivity contribution < 1.29 is 0 Å². The number of aromatic nitrogens is 2. The lowest BCUT2D eigenvalue weighted by Crippen LogP contribution is -2.29. The van der Waals surface area contributed by atoms with Gasteiger partial charge in [0.25, 0.3) is 0 Å². The minimum atomic E-state index is 0.376. The first-order chi connectivity index (χ1) is 9.25. The van der Waals surface area contributed by atoms with Crippen molar-refractivity contribution in [1.29, 1.82) is 0 Å². The van der Waals surface area contributed by atoms with E-state index in [1.54, 1.807) is 17.5 Å². The number of nitrogens with two attached hydrogens (primary N) is 1. The Morgan fingerprint density at radius 1 is 1.47 bits per heavy atom. The highest BCUT2D eigenvalue weighted by molar-refractivity contribution is 7.80. The predicted octanol–water partition coefficient (Wildman–Crippen LogP) is 2.34. The number of nitrogens with zero attached hydrogens (tertiary/aromatic N) is 3. The van der Waals surface area contributed by atoms with Gasteiger partial charge in [0.15, 0.2) is 5.82 Å². The van der Waals surface area contributed by atoms with Gasteiger partial charge in [0.1, 0.15) is 4.99 Å². The number of thiophene rings is 1. The molecule has 0 amide bonds. The summed E-state index contributed by atoms with van der Waals surface area (Å²) in [5, 5.41) is 12.5. The first-order valence-corrected chi connectivity index (χ1v) is 7.50. The second-order valence-corrected chi connectivity index (χ2v) is 5.84. The van der Waals surface area contributed by atoms with Gasteiger partial charge >= 0.3 is 0 Å². The fraction of sp³-hybridized carbons (Fsp3) is 0.308. The Hall–Kier alpha value is -1.53. The molecule has 2 N–H and O–H groups in total. The van der Waals surface area contributed by atoms with Crippen molar-refractivity contribution >= 4 is 34.4 Å². The minimum absolute atomic E-state index is 0.376. The molecule has 0 aliphatic heterocycles. The van der Waals surface area contributed by atoms with Crippen LogP contribution in [-0.2, 0) is 6.54 Å². The van der Waals surface area contributed by atoms with Gasteiger partial charge in [-0.15, -0.1) is 5.10 Å². The summed E-state index contributed by atoms with van der Waals surface area (Å²) in [5.74, 6) is 0.809. The van der Waals surface area contributed by atoms with Crippen molar-refractivity contribution in [2.75, 3.05) is 4.90 Å². The van der Waals surface area contributed by atoms with E-state index in [0.29, 0.717) is 11.0 Å². The molecule has 2 aromatic rings. The fourth-order valence-electron chi connectivity index (χ4n) is 2.07. The zero-order valence-electron chi connectivity index (χ0n) is 10.3. The smallest absolute Gasteiger partial charge is 0.162 e. The van der Waals surface area contributed by atoms with Crippen LogP contribution in [0.5, 0.6) is 0 Å². The molecule has 2 aromatic heterocycles. The Labute approximate surface area is 121 Å². The van der Waals surface area contributed by atoms with Crippen LogP contribution in [0.3, 0.4) is 0 Å². The highest BCUT2D eigenvalue weighted by atomic mass is 32.1. The third kappa shape index (κ3) is 2.74. The van der Waals surface area contributed by atoms with Crippen LogP contribution in [-0.4, -0.2) is 21.2 Å². The molecule has 0 saturated heterocycles. The van der Waals surface area contributed by atoms with E-state index in [9.17, 15) is 0 Å². The molecule has 0 bridgehead atoms. The molecule has 1 aliphatic carbocycles. The molecule has 1 fully saturated rings. The Kier molecular flexibility index (Phi) is 3.44. The van der Waals surface area contributed by atoms with Crippen LogP contribution in [0.4, 0.5) is 5.82 Å². The highest BCUT2D eigenvalue weighted by Crippen LogP contribution is 2.33. The summed E-state index contributed by atoms with van der Waals surface area (Å²) in [6, 6.07) is 4.51. The van der Waals surface area contributed by atoms with E-state index in [0.717, 1.165) is 17.9 Å². The van der Waals surface area contributed by atoms with Gasteiger partial charge < -0.3 is 10.6 Å². The summed E-state index contributed by atoms with van der Waals surface area (Å²) in [4.78, 5) is 2.64. The first-order valence-electron chi connectivity index (χ1n) is 6.15. The van der Waals surface area contributed by atoms with Gasteiger partial charge in [0.05, 0.1) is 11.8 Å². The lowest BCUT2D eigenvalue weighted by atomic mass is 10.2. The zero-order valence-corrected chi connectivity index (χ0v) is 12.0. The molecule has 0 spiro atoms. The van der Waals surface area contributed by atoms with Crippen LogP contribution >= 0.6 is 23.6 Å². The predicted molar refractivity (Wildman–Crippen MR) is 81.4 cm³/mol. The zero-order chi connectivity index (χ0) is 13.2. The van der Waals surface area contributed by atoms with Crippen molar-refractivity contribution in [2.24, 2.45) is 5.73 Å².